The molecular formula is C23H32N2O2. The molecule has 146 valence electrons. The highest BCUT2D eigenvalue weighted by Gasteiger charge is 2.27. The lowest BCUT2D eigenvalue weighted by Gasteiger charge is -2.26. The molecule has 0 N–H and O–H groups in total. The summed E-state index contributed by atoms with van der Waals surface area (Å²) in [5.74, 6) is 0.541. The number of hydrogen-bond donors (Lipinski definition) is 0. The molecule has 1 aliphatic carbocycles. The van der Waals surface area contributed by atoms with Crippen molar-refractivity contribution in [3.63, 3.8) is 0 Å². The predicted molar refractivity (Wildman–Crippen MR) is 109 cm³/mol. The minimum absolute atomic E-state index is 0.215. The number of rotatable bonds is 9. The van der Waals surface area contributed by atoms with Gasteiger partial charge < -0.3 is 14.2 Å². The maximum absolute atomic E-state index is 13.1. The lowest BCUT2D eigenvalue weighted by atomic mass is 10.1. The van der Waals surface area contributed by atoms with Crippen LogP contribution in [-0.2, 0) is 22.6 Å². The molecule has 2 aromatic rings. The molecule has 0 aliphatic heterocycles. The fourth-order valence-electron chi connectivity index (χ4n) is 4.01. The van der Waals surface area contributed by atoms with Crippen molar-refractivity contribution in [3.8, 4) is 0 Å². The van der Waals surface area contributed by atoms with Crippen LogP contribution in [0.3, 0.4) is 0 Å². The van der Waals surface area contributed by atoms with Gasteiger partial charge in [0.2, 0.25) is 5.91 Å². The van der Waals surface area contributed by atoms with Crippen molar-refractivity contribution in [1.29, 1.82) is 0 Å². The third kappa shape index (κ3) is 5.23. The van der Waals surface area contributed by atoms with Crippen LogP contribution in [0.1, 0.15) is 48.9 Å². The van der Waals surface area contributed by atoms with Gasteiger partial charge in [-0.3, -0.25) is 4.79 Å². The van der Waals surface area contributed by atoms with Gasteiger partial charge in [0.05, 0.1) is 6.54 Å². The van der Waals surface area contributed by atoms with E-state index in [1.54, 1.807) is 7.11 Å². The molecule has 0 atom stereocenters. The van der Waals surface area contributed by atoms with Crippen molar-refractivity contribution in [1.82, 2.24) is 9.47 Å². The second-order valence-corrected chi connectivity index (χ2v) is 7.64. The minimum atomic E-state index is 0.215. The average Bonchev–Trinajstić information content (AvgIpc) is 3.35. The number of amides is 1. The SMILES string of the molecule is COCCCN(Cc1cccn1Cc1ccccc1C)C(=O)C1CCCC1. The highest BCUT2D eigenvalue weighted by molar-refractivity contribution is 5.79. The molecule has 0 saturated heterocycles. The summed E-state index contributed by atoms with van der Waals surface area (Å²) in [4.78, 5) is 15.1. The number of carbonyl (C=O) groups is 1. The van der Waals surface area contributed by atoms with E-state index in [1.165, 1.54) is 29.7 Å². The maximum atomic E-state index is 13.1. The van der Waals surface area contributed by atoms with Crippen LogP contribution in [0.5, 0.6) is 0 Å². The molecule has 4 heteroatoms. The van der Waals surface area contributed by atoms with Gasteiger partial charge in [-0.05, 0) is 49.4 Å². The summed E-state index contributed by atoms with van der Waals surface area (Å²) in [7, 11) is 1.72. The quantitative estimate of drug-likeness (QED) is 0.615. The first-order valence-electron chi connectivity index (χ1n) is 10.2. The Kier molecular flexibility index (Phi) is 7.11. The molecule has 0 radical (unpaired) electrons. The van der Waals surface area contributed by atoms with Crippen LogP contribution in [0.15, 0.2) is 42.6 Å². The van der Waals surface area contributed by atoms with Gasteiger partial charge in [-0.25, -0.2) is 0 Å². The van der Waals surface area contributed by atoms with Crippen molar-refractivity contribution >= 4 is 5.91 Å². The summed E-state index contributed by atoms with van der Waals surface area (Å²) in [6.07, 6.45) is 7.47. The predicted octanol–water partition coefficient (Wildman–Crippen LogP) is 4.40. The third-order valence-corrected chi connectivity index (χ3v) is 5.67. The molecule has 1 amide bonds. The van der Waals surface area contributed by atoms with Crippen LogP contribution < -0.4 is 0 Å². The van der Waals surface area contributed by atoms with E-state index in [1.807, 2.05) is 0 Å². The molecule has 3 rings (SSSR count). The van der Waals surface area contributed by atoms with Gasteiger partial charge in [-0.15, -0.1) is 0 Å². The van der Waals surface area contributed by atoms with Gasteiger partial charge in [0.1, 0.15) is 0 Å². The van der Waals surface area contributed by atoms with E-state index >= 15 is 0 Å². The molecule has 1 aromatic heterocycles. The number of aryl methyl sites for hydroxylation is 1. The summed E-state index contributed by atoms with van der Waals surface area (Å²) in [6.45, 7) is 5.13. The van der Waals surface area contributed by atoms with Crippen LogP contribution in [0.2, 0.25) is 0 Å². The number of hydrogen-bond acceptors (Lipinski definition) is 2. The Balaban J connectivity index is 1.72. The summed E-state index contributed by atoms with van der Waals surface area (Å²) < 4.78 is 7.48. The average molecular weight is 369 g/mol. The van der Waals surface area contributed by atoms with Crippen LogP contribution in [0.25, 0.3) is 0 Å². The van der Waals surface area contributed by atoms with E-state index < -0.39 is 0 Å². The first kappa shape index (κ1) is 19.7. The number of nitrogens with zero attached hydrogens (tertiary/aromatic N) is 2. The smallest absolute Gasteiger partial charge is 0.226 e. The molecule has 0 spiro atoms. The lowest BCUT2D eigenvalue weighted by Crippen LogP contribution is -2.36. The minimum Gasteiger partial charge on any atom is -0.385 e. The molecular weight excluding hydrogens is 336 g/mol. The Bertz CT molecular complexity index is 731. The highest BCUT2D eigenvalue weighted by Crippen LogP contribution is 2.27. The zero-order valence-corrected chi connectivity index (χ0v) is 16.7. The third-order valence-electron chi connectivity index (χ3n) is 5.67. The molecule has 0 bridgehead atoms. The molecule has 27 heavy (non-hydrogen) atoms. The van der Waals surface area contributed by atoms with E-state index in [-0.39, 0.29) is 5.92 Å². The molecule has 4 nitrogen and oxygen atoms in total. The fourth-order valence-corrected chi connectivity index (χ4v) is 4.01. The molecule has 1 aromatic carbocycles. The highest BCUT2D eigenvalue weighted by atomic mass is 16.5. The number of ether oxygens (including phenoxy) is 1. The number of aromatic nitrogens is 1. The van der Waals surface area contributed by atoms with Gasteiger partial charge in [-0.1, -0.05) is 37.1 Å². The van der Waals surface area contributed by atoms with Crippen molar-refractivity contribution in [2.24, 2.45) is 5.92 Å². The topological polar surface area (TPSA) is 34.5 Å². The fraction of sp³-hybridized carbons (Fsp3) is 0.522. The zero-order chi connectivity index (χ0) is 19.1. The Labute approximate surface area is 163 Å². The van der Waals surface area contributed by atoms with Gasteiger partial charge in [0, 0.05) is 44.6 Å². The molecule has 1 saturated carbocycles. The summed E-state index contributed by atoms with van der Waals surface area (Å²) in [5.41, 5.74) is 3.82. The van der Waals surface area contributed by atoms with Crippen molar-refractivity contribution in [2.45, 2.75) is 52.1 Å². The number of methoxy groups -OCH3 is 1. The first-order valence-corrected chi connectivity index (χ1v) is 10.2. The van der Waals surface area contributed by atoms with Crippen LogP contribution in [0, 0.1) is 12.8 Å². The van der Waals surface area contributed by atoms with Gasteiger partial charge in [0.25, 0.3) is 0 Å². The first-order chi connectivity index (χ1) is 13.2. The molecule has 0 unspecified atom stereocenters. The summed E-state index contributed by atoms with van der Waals surface area (Å²) in [6, 6.07) is 12.7. The van der Waals surface area contributed by atoms with E-state index in [0.717, 1.165) is 32.4 Å². The number of benzene rings is 1. The molecule has 1 fully saturated rings. The summed E-state index contributed by atoms with van der Waals surface area (Å²) >= 11 is 0. The van der Waals surface area contributed by atoms with Gasteiger partial charge in [-0.2, -0.15) is 0 Å². The Morgan fingerprint density at radius 3 is 2.70 bits per heavy atom. The zero-order valence-electron chi connectivity index (χ0n) is 16.7. The van der Waals surface area contributed by atoms with Crippen molar-refractivity contribution < 1.29 is 9.53 Å². The molecule has 1 aliphatic rings. The second-order valence-electron chi connectivity index (χ2n) is 7.64. The monoisotopic (exact) mass is 368 g/mol. The van der Waals surface area contributed by atoms with Gasteiger partial charge >= 0.3 is 0 Å². The van der Waals surface area contributed by atoms with E-state index in [4.69, 9.17) is 4.74 Å². The van der Waals surface area contributed by atoms with Crippen molar-refractivity contribution in [3.05, 3.63) is 59.4 Å². The largest absolute Gasteiger partial charge is 0.385 e. The normalized spacial score (nSPS) is 14.6. The Morgan fingerprint density at radius 2 is 1.96 bits per heavy atom. The van der Waals surface area contributed by atoms with Crippen LogP contribution in [0.4, 0.5) is 0 Å². The second kappa shape index (κ2) is 9.75. The van der Waals surface area contributed by atoms with Crippen LogP contribution in [-0.4, -0.2) is 35.6 Å². The maximum Gasteiger partial charge on any atom is 0.226 e. The van der Waals surface area contributed by atoms with Crippen molar-refractivity contribution in [2.75, 3.05) is 20.3 Å². The van der Waals surface area contributed by atoms with E-state index in [2.05, 4.69) is 59.0 Å². The van der Waals surface area contributed by atoms with Crippen LogP contribution >= 0.6 is 0 Å². The van der Waals surface area contributed by atoms with E-state index in [0.29, 0.717) is 19.1 Å². The van der Waals surface area contributed by atoms with Gasteiger partial charge in [0.15, 0.2) is 0 Å². The Hall–Kier alpha value is -2.07. The van der Waals surface area contributed by atoms with E-state index in [9.17, 15) is 4.79 Å². The molecule has 1 heterocycles. The summed E-state index contributed by atoms with van der Waals surface area (Å²) in [5, 5.41) is 0. The Morgan fingerprint density at radius 1 is 1.19 bits per heavy atom. The lowest BCUT2D eigenvalue weighted by molar-refractivity contribution is -0.136. The number of carbonyl (C=O) groups excluding carboxylic acids is 1. The standard InChI is InChI=1S/C23H32N2O2/c1-19-9-3-4-12-21(19)17-24-14-7-13-22(24)18-25(15-8-16-27-2)23(26)20-10-5-6-11-20/h3-4,7,9,12-14,20H,5-6,8,10-11,15-18H2,1-2H3.